The van der Waals surface area contributed by atoms with E-state index in [2.05, 4.69) is 4.74 Å². The zero-order valence-corrected chi connectivity index (χ0v) is 9.09. The summed E-state index contributed by atoms with van der Waals surface area (Å²) >= 11 is 5.73. The van der Waals surface area contributed by atoms with Gasteiger partial charge in [-0.25, -0.2) is 0 Å². The van der Waals surface area contributed by atoms with Crippen LogP contribution in [0, 0.1) is 6.92 Å². The Bertz CT molecular complexity index is 407. The van der Waals surface area contributed by atoms with E-state index in [-0.39, 0.29) is 22.8 Å². The number of carboxylic acid groups (broad SMARTS) is 1. The van der Waals surface area contributed by atoms with Crippen molar-refractivity contribution in [3.63, 3.8) is 0 Å². The first kappa shape index (κ1) is 12.7. The van der Waals surface area contributed by atoms with Crippen molar-refractivity contribution in [1.82, 2.24) is 0 Å². The minimum atomic E-state index is -3.01. The highest BCUT2D eigenvalue weighted by atomic mass is 35.5. The molecule has 0 saturated heterocycles. The van der Waals surface area contributed by atoms with Crippen molar-refractivity contribution in [3.05, 3.63) is 28.3 Å². The van der Waals surface area contributed by atoms with Crippen LogP contribution in [-0.4, -0.2) is 17.7 Å². The first-order chi connectivity index (χ1) is 7.40. The van der Waals surface area contributed by atoms with E-state index in [0.717, 1.165) is 0 Å². The number of hydrogen-bond donors (Lipinski definition) is 1. The average Bonchev–Trinajstić information content (AvgIpc) is 2.11. The van der Waals surface area contributed by atoms with Crippen LogP contribution >= 0.6 is 11.6 Å². The molecule has 0 atom stereocenters. The Morgan fingerprint density at radius 3 is 2.69 bits per heavy atom. The predicted molar refractivity (Wildman–Crippen MR) is 54.2 cm³/mol. The number of carbonyl (C=O) groups is 1. The number of halogens is 3. The number of ether oxygens (including phenoxy) is 1. The lowest BCUT2D eigenvalue weighted by atomic mass is 10.1. The Morgan fingerprint density at radius 2 is 2.19 bits per heavy atom. The normalized spacial score (nSPS) is 10.6. The summed E-state index contributed by atoms with van der Waals surface area (Å²) < 4.78 is 28.3. The van der Waals surface area contributed by atoms with E-state index in [1.807, 2.05) is 0 Å². The van der Waals surface area contributed by atoms with Crippen molar-refractivity contribution >= 4 is 17.6 Å². The van der Waals surface area contributed by atoms with Gasteiger partial charge in [-0.05, 0) is 18.6 Å². The number of aryl methyl sites for hydroxylation is 1. The molecule has 0 unspecified atom stereocenters. The van der Waals surface area contributed by atoms with E-state index in [9.17, 15) is 13.6 Å². The Labute approximate surface area is 95.6 Å². The van der Waals surface area contributed by atoms with Gasteiger partial charge in [0, 0.05) is 10.6 Å². The zero-order valence-electron chi connectivity index (χ0n) is 8.34. The molecule has 6 heteroatoms. The third-order valence-corrected chi connectivity index (χ3v) is 2.31. The lowest BCUT2D eigenvalue weighted by Crippen LogP contribution is -2.08. The van der Waals surface area contributed by atoms with Crippen LogP contribution in [0.2, 0.25) is 5.02 Å². The first-order valence-corrected chi connectivity index (χ1v) is 4.73. The quantitative estimate of drug-likeness (QED) is 0.894. The Kier molecular flexibility index (Phi) is 4.06. The van der Waals surface area contributed by atoms with E-state index in [4.69, 9.17) is 16.7 Å². The second kappa shape index (κ2) is 5.12. The van der Waals surface area contributed by atoms with Gasteiger partial charge in [-0.15, -0.1) is 0 Å². The van der Waals surface area contributed by atoms with Crippen molar-refractivity contribution in [2.75, 3.05) is 0 Å². The van der Waals surface area contributed by atoms with Crippen LogP contribution in [0.5, 0.6) is 5.75 Å². The number of hydrogen-bond acceptors (Lipinski definition) is 2. The van der Waals surface area contributed by atoms with Crippen molar-refractivity contribution < 1.29 is 23.4 Å². The van der Waals surface area contributed by atoms with Gasteiger partial charge in [0.05, 0.1) is 6.42 Å². The Balaban J connectivity index is 3.11. The Morgan fingerprint density at radius 1 is 1.56 bits per heavy atom. The fraction of sp³-hybridized carbons (Fsp3) is 0.300. The van der Waals surface area contributed by atoms with Crippen LogP contribution in [-0.2, 0) is 11.2 Å². The first-order valence-electron chi connectivity index (χ1n) is 4.35. The SMILES string of the molecule is Cc1cc(CC(=O)O)c(OC(F)F)cc1Cl. The maximum Gasteiger partial charge on any atom is 0.387 e. The monoisotopic (exact) mass is 250 g/mol. The van der Waals surface area contributed by atoms with Crippen molar-refractivity contribution in [3.8, 4) is 5.75 Å². The molecule has 0 aliphatic carbocycles. The standard InChI is InChI=1S/C10H9ClF2O3/c1-5-2-6(3-9(14)15)8(4-7(5)11)16-10(12)13/h2,4,10H,3H2,1H3,(H,14,15). The van der Waals surface area contributed by atoms with Crippen molar-refractivity contribution in [1.29, 1.82) is 0 Å². The van der Waals surface area contributed by atoms with E-state index in [1.165, 1.54) is 12.1 Å². The highest BCUT2D eigenvalue weighted by molar-refractivity contribution is 6.31. The number of rotatable bonds is 4. The molecular formula is C10H9ClF2O3. The number of aliphatic carboxylic acids is 1. The minimum Gasteiger partial charge on any atom is -0.481 e. The summed E-state index contributed by atoms with van der Waals surface area (Å²) in [6.45, 7) is -1.36. The minimum absolute atomic E-state index is 0.176. The Hall–Kier alpha value is -1.36. The molecule has 0 fully saturated rings. The summed E-state index contributed by atoms with van der Waals surface area (Å²) in [6, 6.07) is 2.62. The number of alkyl halides is 2. The van der Waals surface area contributed by atoms with E-state index in [0.29, 0.717) is 5.56 Å². The summed E-state index contributed by atoms with van der Waals surface area (Å²) in [7, 11) is 0. The molecule has 1 rings (SSSR count). The summed E-state index contributed by atoms with van der Waals surface area (Å²) in [4.78, 5) is 10.5. The molecule has 0 aliphatic heterocycles. The second-order valence-electron chi connectivity index (χ2n) is 3.16. The zero-order chi connectivity index (χ0) is 12.3. The van der Waals surface area contributed by atoms with Crippen LogP contribution < -0.4 is 4.74 Å². The van der Waals surface area contributed by atoms with Gasteiger partial charge in [0.2, 0.25) is 0 Å². The molecule has 3 nitrogen and oxygen atoms in total. The van der Waals surface area contributed by atoms with Gasteiger partial charge in [-0.3, -0.25) is 4.79 Å². The second-order valence-corrected chi connectivity index (χ2v) is 3.57. The summed E-state index contributed by atoms with van der Waals surface area (Å²) in [5.41, 5.74) is 0.786. The topological polar surface area (TPSA) is 46.5 Å². The van der Waals surface area contributed by atoms with Crippen molar-refractivity contribution in [2.24, 2.45) is 0 Å². The van der Waals surface area contributed by atoms with Gasteiger partial charge in [0.15, 0.2) is 0 Å². The van der Waals surface area contributed by atoms with E-state index >= 15 is 0 Å². The fourth-order valence-corrected chi connectivity index (χ4v) is 1.38. The fourth-order valence-electron chi connectivity index (χ4n) is 1.23. The van der Waals surface area contributed by atoms with Crippen LogP contribution in [0.1, 0.15) is 11.1 Å². The van der Waals surface area contributed by atoms with Gasteiger partial charge in [0.25, 0.3) is 0 Å². The van der Waals surface area contributed by atoms with E-state index < -0.39 is 12.6 Å². The highest BCUT2D eigenvalue weighted by Gasteiger charge is 2.14. The maximum absolute atomic E-state index is 12.1. The van der Waals surface area contributed by atoms with Crippen LogP contribution in [0.3, 0.4) is 0 Å². The van der Waals surface area contributed by atoms with Crippen LogP contribution in [0.4, 0.5) is 8.78 Å². The molecule has 0 aliphatic rings. The molecule has 0 spiro atoms. The molecule has 0 saturated carbocycles. The molecule has 1 N–H and O–H groups in total. The van der Waals surface area contributed by atoms with Gasteiger partial charge >= 0.3 is 12.6 Å². The lowest BCUT2D eigenvalue weighted by molar-refractivity contribution is -0.136. The number of benzene rings is 1. The maximum atomic E-state index is 12.1. The molecule has 1 aromatic carbocycles. The third-order valence-electron chi connectivity index (χ3n) is 1.90. The molecule has 0 radical (unpaired) electrons. The largest absolute Gasteiger partial charge is 0.481 e. The van der Waals surface area contributed by atoms with Gasteiger partial charge in [-0.2, -0.15) is 8.78 Å². The molecule has 0 amide bonds. The molecule has 0 heterocycles. The van der Waals surface area contributed by atoms with Crippen LogP contribution in [0.25, 0.3) is 0 Å². The highest BCUT2D eigenvalue weighted by Crippen LogP contribution is 2.28. The molecule has 0 aromatic heterocycles. The molecule has 1 aromatic rings. The van der Waals surface area contributed by atoms with Crippen LogP contribution in [0.15, 0.2) is 12.1 Å². The van der Waals surface area contributed by atoms with Gasteiger partial charge in [-0.1, -0.05) is 17.7 Å². The van der Waals surface area contributed by atoms with Crippen molar-refractivity contribution in [2.45, 2.75) is 20.0 Å². The predicted octanol–water partition coefficient (Wildman–Crippen LogP) is 2.88. The van der Waals surface area contributed by atoms with E-state index in [1.54, 1.807) is 6.92 Å². The average molecular weight is 251 g/mol. The number of carboxylic acids is 1. The summed E-state index contributed by atoms with van der Waals surface area (Å²) in [6.07, 6.45) is -0.389. The molecule has 0 bridgehead atoms. The van der Waals surface area contributed by atoms with Gasteiger partial charge in [0.1, 0.15) is 5.75 Å². The smallest absolute Gasteiger partial charge is 0.387 e. The lowest BCUT2D eigenvalue weighted by Gasteiger charge is -2.11. The summed E-state index contributed by atoms with van der Waals surface area (Å²) in [5, 5.41) is 8.86. The molecule has 88 valence electrons. The summed E-state index contributed by atoms with van der Waals surface area (Å²) in [5.74, 6) is -1.33. The molecule has 16 heavy (non-hydrogen) atoms. The molecular weight excluding hydrogens is 242 g/mol. The third kappa shape index (κ3) is 3.34. The van der Waals surface area contributed by atoms with Gasteiger partial charge < -0.3 is 9.84 Å².